The maximum Gasteiger partial charge on any atom is 0.296 e. The van der Waals surface area contributed by atoms with Gasteiger partial charge in [0.25, 0.3) is 6.01 Å². The number of halogens is 2. The zero-order chi connectivity index (χ0) is 27.6. The first kappa shape index (κ1) is 25.2. The highest BCUT2D eigenvalue weighted by molar-refractivity contribution is 7.92. The highest BCUT2D eigenvalue weighted by Gasteiger charge is 2.70. The first-order valence-corrected chi connectivity index (χ1v) is 16.2. The molecule has 40 heavy (non-hydrogen) atoms. The van der Waals surface area contributed by atoms with Crippen molar-refractivity contribution in [2.45, 2.75) is 61.6 Å². The number of rotatable bonds is 5. The Balaban J connectivity index is 0.999. The molecule has 2 saturated carbocycles. The molecule has 0 radical (unpaired) electrons. The number of aliphatic hydroxyl groups excluding tert-OH is 1. The van der Waals surface area contributed by atoms with Gasteiger partial charge < -0.3 is 29.6 Å². The number of aromatic amines is 1. The van der Waals surface area contributed by atoms with Crippen LogP contribution in [-0.2, 0) is 31.0 Å². The number of imidazole rings is 1. The third kappa shape index (κ3) is 3.79. The first-order chi connectivity index (χ1) is 19.0. The van der Waals surface area contributed by atoms with Crippen molar-refractivity contribution in [1.82, 2.24) is 15.0 Å². The predicted octanol–water partition coefficient (Wildman–Crippen LogP) is 3.47. The van der Waals surface area contributed by atoms with Gasteiger partial charge in [0.2, 0.25) is 0 Å². The van der Waals surface area contributed by atoms with Gasteiger partial charge in [-0.25, -0.2) is 13.6 Å². The van der Waals surface area contributed by atoms with Gasteiger partial charge in [-0.1, -0.05) is 11.6 Å². The van der Waals surface area contributed by atoms with Gasteiger partial charge in [0.05, 0.1) is 41.0 Å². The van der Waals surface area contributed by atoms with Crippen LogP contribution in [0.2, 0.25) is 5.02 Å². The summed E-state index contributed by atoms with van der Waals surface area (Å²) in [7, 11) is -2.38. The maximum atomic E-state index is 15.3. The Morgan fingerprint density at radius 1 is 1.27 bits per heavy atom. The molecule has 4 fully saturated rings. The van der Waals surface area contributed by atoms with E-state index in [9.17, 15) is 9.32 Å². The van der Waals surface area contributed by atoms with Crippen molar-refractivity contribution in [3.63, 3.8) is 0 Å². The number of benzene rings is 1. The SMILES string of the molecule is CS(C)(=O)=Nc1cc(F)c2c(c1)CCC21CC1Nc1nc2nc(OC3CC34COC3C4OC[C@H]3O)[nH]c2cc1Cl. The van der Waals surface area contributed by atoms with Gasteiger partial charge >= 0.3 is 0 Å². The second-order valence-corrected chi connectivity index (χ2v) is 15.1. The number of hydrogen-bond acceptors (Lipinski definition) is 9. The predicted molar refractivity (Wildman–Crippen MR) is 146 cm³/mol. The summed E-state index contributed by atoms with van der Waals surface area (Å²) in [6, 6.07) is 5.34. The van der Waals surface area contributed by atoms with Gasteiger partial charge in [0.15, 0.2) is 5.65 Å². The number of ether oxygens (including phenoxy) is 3. The lowest BCUT2D eigenvalue weighted by atomic mass is 9.96. The summed E-state index contributed by atoms with van der Waals surface area (Å²) >= 11 is 6.60. The summed E-state index contributed by atoms with van der Waals surface area (Å²) in [4.78, 5) is 12.3. The number of nitrogens with one attached hydrogen (secondary N) is 2. The minimum atomic E-state index is -2.38. The van der Waals surface area contributed by atoms with E-state index in [1.807, 2.05) is 6.07 Å². The quantitative estimate of drug-likeness (QED) is 0.412. The van der Waals surface area contributed by atoms with Gasteiger partial charge in [-0.05, 0) is 48.9 Å². The summed E-state index contributed by atoms with van der Waals surface area (Å²) in [6.45, 7) is 0.771. The van der Waals surface area contributed by atoms with E-state index in [2.05, 4.69) is 24.6 Å². The highest BCUT2D eigenvalue weighted by Crippen LogP contribution is 2.60. The zero-order valence-electron chi connectivity index (χ0n) is 21.9. The lowest BCUT2D eigenvalue weighted by Gasteiger charge is -2.15. The molecule has 3 aromatic rings. The summed E-state index contributed by atoms with van der Waals surface area (Å²) < 4.78 is 49.3. The largest absolute Gasteiger partial charge is 0.461 e. The third-order valence-electron chi connectivity index (χ3n) is 9.15. The molecule has 3 N–H and O–H groups in total. The molecule has 2 saturated heterocycles. The first-order valence-electron chi connectivity index (χ1n) is 13.5. The van der Waals surface area contributed by atoms with Crippen LogP contribution < -0.4 is 10.1 Å². The van der Waals surface area contributed by atoms with Crippen LogP contribution in [-0.4, -0.2) is 80.5 Å². The number of hydrogen-bond donors (Lipinski definition) is 3. The minimum absolute atomic E-state index is 0.0203. The van der Waals surface area contributed by atoms with Gasteiger partial charge in [-0.2, -0.15) is 9.35 Å². The third-order valence-corrected chi connectivity index (χ3v) is 10.1. The lowest BCUT2D eigenvalue weighted by Crippen LogP contribution is -2.31. The smallest absolute Gasteiger partial charge is 0.296 e. The Hall–Kier alpha value is -2.51. The van der Waals surface area contributed by atoms with Gasteiger partial charge in [0.1, 0.15) is 29.9 Å². The molecule has 0 bridgehead atoms. The van der Waals surface area contributed by atoms with Crippen LogP contribution >= 0.6 is 11.6 Å². The fraction of sp³-hybridized carbons (Fsp3) is 0.556. The van der Waals surface area contributed by atoms with Crippen LogP contribution in [0.25, 0.3) is 11.2 Å². The maximum absolute atomic E-state index is 15.3. The van der Waals surface area contributed by atoms with Crippen LogP contribution in [0.5, 0.6) is 6.01 Å². The van der Waals surface area contributed by atoms with E-state index in [1.54, 1.807) is 18.6 Å². The molecular formula is C27H29ClFN5O5S. The van der Waals surface area contributed by atoms with Crippen molar-refractivity contribution in [1.29, 1.82) is 0 Å². The van der Waals surface area contributed by atoms with Crippen LogP contribution in [0, 0.1) is 11.2 Å². The monoisotopic (exact) mass is 589 g/mol. The number of nitrogens with zero attached hydrogens (tertiary/aromatic N) is 3. The van der Waals surface area contributed by atoms with E-state index < -0.39 is 15.8 Å². The van der Waals surface area contributed by atoms with Crippen molar-refractivity contribution in [2.75, 3.05) is 31.0 Å². The van der Waals surface area contributed by atoms with Crippen molar-refractivity contribution < 1.29 is 27.9 Å². The molecular weight excluding hydrogens is 561 g/mol. The Morgan fingerprint density at radius 2 is 2.12 bits per heavy atom. The Labute approximate surface area is 235 Å². The second kappa shape index (κ2) is 8.28. The van der Waals surface area contributed by atoms with Gasteiger partial charge in [-0.3, -0.25) is 0 Å². The van der Waals surface area contributed by atoms with Crippen LogP contribution in [0.4, 0.5) is 15.9 Å². The fourth-order valence-electron chi connectivity index (χ4n) is 7.11. The average Bonchev–Trinajstić information content (AvgIpc) is 3.38. The number of aliphatic hydroxyl groups is 1. The molecule has 7 atom stereocenters. The Kier molecular flexibility index (Phi) is 5.22. The number of pyridine rings is 1. The van der Waals surface area contributed by atoms with E-state index in [0.717, 1.165) is 31.2 Å². The molecule has 3 aliphatic carbocycles. The summed E-state index contributed by atoms with van der Waals surface area (Å²) in [5.74, 6) is 0.189. The molecule has 0 amide bonds. The molecule has 2 aliphatic heterocycles. The normalized spacial score (nSPS) is 35.4. The van der Waals surface area contributed by atoms with Crippen molar-refractivity contribution in [3.8, 4) is 6.01 Å². The number of fused-ring (bicyclic) bond motifs is 5. The molecule has 2 aromatic heterocycles. The summed E-state index contributed by atoms with van der Waals surface area (Å²) in [5, 5.41) is 13.9. The molecule has 10 nitrogen and oxygen atoms in total. The van der Waals surface area contributed by atoms with E-state index in [4.69, 9.17) is 25.8 Å². The van der Waals surface area contributed by atoms with E-state index in [1.165, 1.54) is 6.07 Å². The average molecular weight is 590 g/mol. The molecule has 13 heteroatoms. The van der Waals surface area contributed by atoms with Crippen LogP contribution in [0.1, 0.15) is 30.4 Å². The zero-order valence-corrected chi connectivity index (χ0v) is 23.5. The number of aromatic nitrogens is 3. The molecule has 4 heterocycles. The summed E-state index contributed by atoms with van der Waals surface area (Å²) in [5.41, 5.74) is 2.59. The molecule has 8 rings (SSSR count). The minimum Gasteiger partial charge on any atom is -0.461 e. The Morgan fingerprint density at radius 3 is 2.95 bits per heavy atom. The Bertz CT molecular complexity index is 1700. The van der Waals surface area contributed by atoms with E-state index >= 15 is 4.39 Å². The number of anilines is 1. The topological polar surface area (TPSA) is 131 Å². The molecule has 5 aliphatic rings. The highest BCUT2D eigenvalue weighted by atomic mass is 35.5. The van der Waals surface area contributed by atoms with Crippen molar-refractivity contribution in [3.05, 3.63) is 40.2 Å². The van der Waals surface area contributed by atoms with Crippen molar-refractivity contribution in [2.24, 2.45) is 9.78 Å². The van der Waals surface area contributed by atoms with Crippen LogP contribution in [0.15, 0.2) is 22.6 Å². The number of aryl methyl sites for hydroxylation is 1. The number of H-pyrrole nitrogens is 1. The van der Waals surface area contributed by atoms with E-state index in [-0.39, 0.29) is 47.6 Å². The molecule has 6 unspecified atom stereocenters. The molecule has 1 aromatic carbocycles. The second-order valence-electron chi connectivity index (χ2n) is 12.2. The molecule has 212 valence electrons. The van der Waals surface area contributed by atoms with Gasteiger partial charge in [-0.15, -0.1) is 0 Å². The fourth-order valence-corrected chi connectivity index (χ4v) is 7.93. The van der Waals surface area contributed by atoms with E-state index in [0.29, 0.717) is 45.9 Å². The standard InChI is InChI=1S/C27H29ClFN5O5S/c1-40(2,36)34-13-5-12-3-4-26(20(12)15(29)6-13)8-18(26)31-23-14(28)7-16-24(32-23)33-25(30-16)39-19-9-27(19)11-38-21-17(35)10-37-22(21)27/h5-7,17-19,21-22,35H,3-4,8-11H2,1-2H3,(H2,30,31,32,33)/t17-,18?,19?,21?,22?,26?,27?/m1/s1. The van der Waals surface area contributed by atoms with Crippen molar-refractivity contribution >= 4 is 44.0 Å². The van der Waals surface area contributed by atoms with Gasteiger partial charge in [0, 0.05) is 39.8 Å². The summed E-state index contributed by atoms with van der Waals surface area (Å²) in [6.07, 6.45) is 4.98. The lowest BCUT2D eigenvalue weighted by molar-refractivity contribution is 0.0135. The van der Waals surface area contributed by atoms with Crippen LogP contribution in [0.3, 0.4) is 0 Å². The molecule has 2 spiro atoms.